The van der Waals surface area contributed by atoms with Crippen LogP contribution in [0.2, 0.25) is 0 Å². The molecule has 0 unspecified atom stereocenters. The number of carbonyl (C=O) groups is 1. The van der Waals surface area contributed by atoms with Crippen molar-refractivity contribution in [1.29, 1.82) is 0 Å². The summed E-state index contributed by atoms with van der Waals surface area (Å²) in [6, 6.07) is 11.1. The van der Waals surface area contributed by atoms with Crippen molar-refractivity contribution in [3.05, 3.63) is 65.6 Å². The van der Waals surface area contributed by atoms with Crippen LogP contribution in [0, 0.1) is 12.7 Å². The van der Waals surface area contributed by atoms with E-state index in [1.54, 1.807) is 31.2 Å². The van der Waals surface area contributed by atoms with E-state index in [1.165, 1.54) is 6.07 Å². The van der Waals surface area contributed by atoms with Gasteiger partial charge in [-0.15, -0.1) is 0 Å². The lowest BCUT2D eigenvalue weighted by Crippen LogP contribution is -2.30. The third-order valence-corrected chi connectivity index (χ3v) is 5.48. The number of anilines is 4. The summed E-state index contributed by atoms with van der Waals surface area (Å²) >= 11 is 0. The standard InChI is InChI=1S/C20H22FN7O3S/c1-12-2-5-15(10-17(12)32(23,30)31)27-20-25-11-16(21)18(28-20)26-14-6-3-13(4-7-14)8-9-24-19(22)29/h2-7,10-11H,8-9H2,1H3,(H3,22,24,29)(H2,23,30,31)(H2,25,26,27,28). The fourth-order valence-electron chi connectivity index (χ4n) is 2.85. The summed E-state index contributed by atoms with van der Waals surface area (Å²) in [4.78, 5) is 18.7. The molecule has 1 heterocycles. The summed E-state index contributed by atoms with van der Waals surface area (Å²) in [6.07, 6.45) is 1.59. The molecule has 0 spiro atoms. The number of rotatable bonds is 8. The Morgan fingerprint density at radius 1 is 1.09 bits per heavy atom. The number of benzene rings is 2. The van der Waals surface area contributed by atoms with E-state index < -0.39 is 21.9 Å². The molecule has 0 atom stereocenters. The third-order valence-electron chi connectivity index (χ3n) is 4.42. The van der Waals surface area contributed by atoms with Crippen molar-refractivity contribution in [2.45, 2.75) is 18.2 Å². The molecule has 0 bridgehead atoms. The number of nitrogens with two attached hydrogens (primary N) is 2. The molecule has 0 fully saturated rings. The Bertz CT molecular complexity index is 1230. The zero-order valence-corrected chi connectivity index (χ0v) is 17.9. The quantitative estimate of drug-likeness (QED) is 0.345. The Kier molecular flexibility index (Phi) is 6.85. The Morgan fingerprint density at radius 2 is 1.78 bits per heavy atom. The first-order valence-electron chi connectivity index (χ1n) is 9.44. The lowest BCUT2D eigenvalue weighted by atomic mass is 10.1. The molecule has 0 aliphatic heterocycles. The highest BCUT2D eigenvalue weighted by Crippen LogP contribution is 2.23. The highest BCUT2D eigenvalue weighted by atomic mass is 32.2. The first-order valence-corrected chi connectivity index (χ1v) is 11.0. The van der Waals surface area contributed by atoms with Crippen LogP contribution >= 0.6 is 0 Å². The van der Waals surface area contributed by atoms with Crippen molar-refractivity contribution in [1.82, 2.24) is 15.3 Å². The summed E-state index contributed by atoms with van der Waals surface area (Å²) in [7, 11) is -3.90. The molecule has 0 aliphatic rings. The molecule has 0 saturated carbocycles. The summed E-state index contributed by atoms with van der Waals surface area (Å²) in [5.74, 6) is -0.670. The number of aryl methyl sites for hydroxylation is 1. The van der Waals surface area contributed by atoms with Gasteiger partial charge in [0.05, 0.1) is 11.1 Å². The lowest BCUT2D eigenvalue weighted by Gasteiger charge is -2.11. The van der Waals surface area contributed by atoms with Gasteiger partial charge in [0.25, 0.3) is 0 Å². The van der Waals surface area contributed by atoms with Gasteiger partial charge in [-0.2, -0.15) is 4.98 Å². The number of urea groups is 1. The van der Waals surface area contributed by atoms with Crippen LogP contribution in [0.1, 0.15) is 11.1 Å². The Balaban J connectivity index is 1.73. The second kappa shape index (κ2) is 9.58. The topological polar surface area (TPSA) is 165 Å². The molecule has 32 heavy (non-hydrogen) atoms. The van der Waals surface area contributed by atoms with E-state index in [-0.39, 0.29) is 16.7 Å². The summed E-state index contributed by atoms with van der Waals surface area (Å²) in [5.41, 5.74) is 7.45. The van der Waals surface area contributed by atoms with Crippen LogP contribution in [0.4, 0.5) is 32.3 Å². The average Bonchev–Trinajstić information content (AvgIpc) is 2.72. The van der Waals surface area contributed by atoms with Gasteiger partial charge in [-0.05, 0) is 48.7 Å². The summed E-state index contributed by atoms with van der Waals surface area (Å²) in [6.45, 7) is 2.03. The number of nitrogens with zero attached hydrogens (tertiary/aromatic N) is 2. The molecule has 0 saturated heterocycles. The van der Waals surface area contributed by atoms with Gasteiger partial charge in [0, 0.05) is 17.9 Å². The van der Waals surface area contributed by atoms with Crippen molar-refractivity contribution in [2.24, 2.45) is 10.9 Å². The number of aromatic nitrogens is 2. The van der Waals surface area contributed by atoms with Crippen LogP contribution < -0.4 is 26.8 Å². The molecule has 2 aromatic carbocycles. The zero-order valence-electron chi connectivity index (χ0n) is 17.1. The maximum atomic E-state index is 14.2. The minimum atomic E-state index is -3.90. The van der Waals surface area contributed by atoms with Crippen LogP contribution in [-0.2, 0) is 16.4 Å². The fourth-order valence-corrected chi connectivity index (χ4v) is 3.66. The molecule has 7 N–H and O–H groups in total. The number of hydrogen-bond donors (Lipinski definition) is 5. The molecule has 3 rings (SSSR count). The van der Waals surface area contributed by atoms with E-state index in [0.717, 1.165) is 11.8 Å². The maximum absolute atomic E-state index is 14.2. The van der Waals surface area contributed by atoms with Crippen LogP contribution in [0.5, 0.6) is 0 Å². The highest BCUT2D eigenvalue weighted by Gasteiger charge is 2.13. The lowest BCUT2D eigenvalue weighted by molar-refractivity contribution is 0.249. The number of primary amides is 1. The van der Waals surface area contributed by atoms with Crippen LogP contribution in [0.25, 0.3) is 0 Å². The minimum absolute atomic E-state index is 0.0333. The third kappa shape index (κ3) is 6.12. The van der Waals surface area contributed by atoms with Crippen LogP contribution in [-0.4, -0.2) is 31.0 Å². The van der Waals surface area contributed by atoms with E-state index in [1.807, 2.05) is 12.1 Å². The number of nitrogens with one attached hydrogen (secondary N) is 3. The van der Waals surface area contributed by atoms with Gasteiger partial charge in [-0.1, -0.05) is 18.2 Å². The van der Waals surface area contributed by atoms with Crippen LogP contribution in [0.15, 0.2) is 53.6 Å². The van der Waals surface area contributed by atoms with E-state index in [9.17, 15) is 17.6 Å². The Hall–Kier alpha value is -3.77. The highest BCUT2D eigenvalue weighted by molar-refractivity contribution is 7.89. The monoisotopic (exact) mass is 459 g/mol. The van der Waals surface area contributed by atoms with E-state index in [4.69, 9.17) is 10.9 Å². The molecule has 3 aromatic rings. The van der Waals surface area contributed by atoms with Crippen molar-refractivity contribution >= 4 is 39.2 Å². The summed E-state index contributed by atoms with van der Waals surface area (Å²) in [5, 5.41) is 13.5. The normalized spacial score (nSPS) is 11.1. The molecule has 0 radical (unpaired) electrons. The summed E-state index contributed by atoms with van der Waals surface area (Å²) < 4.78 is 37.6. The fraction of sp³-hybridized carbons (Fsp3) is 0.150. The van der Waals surface area contributed by atoms with Gasteiger partial charge >= 0.3 is 6.03 Å². The molecule has 10 nitrogen and oxygen atoms in total. The maximum Gasteiger partial charge on any atom is 0.312 e. The van der Waals surface area contributed by atoms with Crippen LogP contribution in [0.3, 0.4) is 0 Å². The number of halogens is 1. The van der Waals surface area contributed by atoms with Gasteiger partial charge in [-0.25, -0.2) is 27.7 Å². The van der Waals surface area contributed by atoms with Crippen molar-refractivity contribution < 1.29 is 17.6 Å². The van der Waals surface area contributed by atoms with Crippen molar-refractivity contribution in [3.8, 4) is 0 Å². The van der Waals surface area contributed by atoms with Gasteiger partial charge in [0.15, 0.2) is 11.6 Å². The first-order chi connectivity index (χ1) is 15.1. The molecule has 1 aromatic heterocycles. The van der Waals surface area contributed by atoms with Gasteiger partial charge in [-0.3, -0.25) is 0 Å². The molecular formula is C20H22FN7O3S. The Morgan fingerprint density at radius 3 is 2.44 bits per heavy atom. The minimum Gasteiger partial charge on any atom is -0.352 e. The van der Waals surface area contributed by atoms with E-state index >= 15 is 0 Å². The average molecular weight is 460 g/mol. The molecular weight excluding hydrogens is 437 g/mol. The molecule has 12 heteroatoms. The molecule has 2 amide bonds. The predicted octanol–water partition coefficient (Wildman–Crippen LogP) is 2.27. The second-order valence-corrected chi connectivity index (χ2v) is 8.43. The molecule has 0 aliphatic carbocycles. The SMILES string of the molecule is Cc1ccc(Nc2ncc(F)c(Nc3ccc(CCNC(N)=O)cc3)n2)cc1S(N)(=O)=O. The number of amides is 2. The smallest absolute Gasteiger partial charge is 0.312 e. The van der Waals surface area contributed by atoms with E-state index in [0.29, 0.717) is 29.9 Å². The predicted molar refractivity (Wildman–Crippen MR) is 119 cm³/mol. The van der Waals surface area contributed by atoms with Crippen molar-refractivity contribution in [2.75, 3.05) is 17.2 Å². The van der Waals surface area contributed by atoms with Gasteiger partial charge in [0.1, 0.15) is 0 Å². The first kappa shape index (κ1) is 22.9. The van der Waals surface area contributed by atoms with E-state index in [2.05, 4.69) is 25.9 Å². The Labute approximate surface area is 184 Å². The van der Waals surface area contributed by atoms with Gasteiger partial charge < -0.3 is 21.7 Å². The molecule has 168 valence electrons. The van der Waals surface area contributed by atoms with Gasteiger partial charge in [0.2, 0.25) is 16.0 Å². The number of sulfonamides is 1. The van der Waals surface area contributed by atoms with Crippen molar-refractivity contribution in [3.63, 3.8) is 0 Å². The number of hydrogen-bond acceptors (Lipinski definition) is 7. The number of primary sulfonamides is 1. The second-order valence-electron chi connectivity index (χ2n) is 6.90. The largest absolute Gasteiger partial charge is 0.352 e. The number of carbonyl (C=O) groups excluding carboxylic acids is 1. The zero-order chi connectivity index (χ0) is 23.3.